The smallest absolute Gasteiger partial charge is 0.216 e. The molecule has 27 heavy (non-hydrogen) atoms. The largest absolute Gasteiger partial charge is 0.493 e. The molecule has 7 nitrogen and oxygen atoms in total. The maximum absolute atomic E-state index is 6.18. The van der Waals surface area contributed by atoms with Gasteiger partial charge in [-0.25, -0.2) is 5.10 Å². The number of hydrogen-bond donors (Lipinski definition) is 1. The van der Waals surface area contributed by atoms with Gasteiger partial charge in [-0.05, 0) is 30.4 Å². The lowest BCUT2D eigenvalue weighted by Crippen LogP contribution is -1.99. The van der Waals surface area contributed by atoms with E-state index < -0.39 is 0 Å². The van der Waals surface area contributed by atoms with Gasteiger partial charge in [0.1, 0.15) is 0 Å². The van der Waals surface area contributed by atoms with Gasteiger partial charge in [-0.1, -0.05) is 29.8 Å². The van der Waals surface area contributed by atoms with E-state index >= 15 is 0 Å². The lowest BCUT2D eigenvalue weighted by Gasteiger charge is -2.13. The first-order chi connectivity index (χ1) is 13.1. The Kier molecular flexibility index (Phi) is 5.78. The second kappa shape index (κ2) is 8.24. The van der Waals surface area contributed by atoms with E-state index in [1.807, 2.05) is 18.2 Å². The van der Waals surface area contributed by atoms with Crippen LogP contribution in [0.5, 0.6) is 17.2 Å². The van der Waals surface area contributed by atoms with Crippen LogP contribution in [0.4, 0.5) is 0 Å². The minimum Gasteiger partial charge on any atom is -0.493 e. The molecule has 0 aliphatic rings. The predicted octanol–water partition coefficient (Wildman–Crippen LogP) is 4.17. The molecule has 0 aliphatic carbocycles. The number of H-pyrrole nitrogens is 1. The van der Waals surface area contributed by atoms with Gasteiger partial charge in [0, 0.05) is 16.1 Å². The van der Waals surface area contributed by atoms with Gasteiger partial charge in [0.15, 0.2) is 17.3 Å². The van der Waals surface area contributed by atoms with E-state index in [1.54, 1.807) is 45.7 Å². The SMILES string of the molecule is COc1cc(-c2n[nH]c(=S)n2N=Cc2ccccc2Cl)cc(OC)c1OC. The van der Waals surface area contributed by atoms with Gasteiger partial charge in [-0.15, -0.1) is 0 Å². The first kappa shape index (κ1) is 18.9. The fourth-order valence-corrected chi connectivity index (χ4v) is 2.86. The molecule has 0 radical (unpaired) electrons. The number of nitrogens with zero attached hydrogens (tertiary/aromatic N) is 3. The summed E-state index contributed by atoms with van der Waals surface area (Å²) in [6, 6.07) is 10.9. The standard InChI is InChI=1S/C18H17ClN4O3S/c1-24-14-8-12(9-15(25-2)16(14)26-3)17-21-22-18(27)23(17)20-10-11-6-4-5-7-13(11)19/h4-10H,1-3H3,(H,22,27). The van der Waals surface area contributed by atoms with Crippen molar-refractivity contribution in [1.29, 1.82) is 0 Å². The summed E-state index contributed by atoms with van der Waals surface area (Å²) in [7, 11) is 4.64. The van der Waals surface area contributed by atoms with E-state index in [4.69, 9.17) is 38.0 Å². The third kappa shape index (κ3) is 3.81. The Labute approximate surface area is 166 Å². The molecule has 0 amide bonds. The van der Waals surface area contributed by atoms with E-state index in [9.17, 15) is 0 Å². The Balaban J connectivity index is 2.10. The van der Waals surface area contributed by atoms with E-state index in [1.165, 1.54) is 4.68 Å². The number of benzene rings is 2. The molecule has 0 aliphatic heterocycles. The minimum atomic E-state index is 0.335. The summed E-state index contributed by atoms with van der Waals surface area (Å²) in [5, 5.41) is 12.0. The number of hydrogen-bond acceptors (Lipinski definition) is 6. The van der Waals surface area contributed by atoms with Gasteiger partial charge in [0.25, 0.3) is 0 Å². The molecule has 0 bridgehead atoms. The monoisotopic (exact) mass is 404 g/mol. The number of halogens is 1. The van der Waals surface area contributed by atoms with Crippen molar-refractivity contribution in [3.8, 4) is 28.6 Å². The summed E-state index contributed by atoms with van der Waals surface area (Å²) in [5.41, 5.74) is 1.45. The van der Waals surface area contributed by atoms with Crippen molar-refractivity contribution >= 4 is 30.0 Å². The zero-order valence-corrected chi connectivity index (χ0v) is 16.5. The predicted molar refractivity (Wildman–Crippen MR) is 107 cm³/mol. The highest BCUT2D eigenvalue weighted by Gasteiger charge is 2.17. The number of aromatic nitrogens is 3. The number of ether oxygens (including phenoxy) is 3. The van der Waals surface area contributed by atoms with Crippen LogP contribution in [-0.2, 0) is 0 Å². The van der Waals surface area contributed by atoms with Gasteiger partial charge >= 0.3 is 0 Å². The Morgan fingerprint density at radius 3 is 2.37 bits per heavy atom. The topological polar surface area (TPSA) is 73.7 Å². The lowest BCUT2D eigenvalue weighted by molar-refractivity contribution is 0.324. The number of aromatic amines is 1. The van der Waals surface area contributed by atoms with Gasteiger partial charge in [-0.3, -0.25) is 0 Å². The second-order valence-corrected chi connectivity index (χ2v) is 6.14. The molecule has 9 heteroatoms. The van der Waals surface area contributed by atoms with Crippen LogP contribution in [0.1, 0.15) is 5.56 Å². The lowest BCUT2D eigenvalue weighted by atomic mass is 10.1. The Morgan fingerprint density at radius 1 is 1.11 bits per heavy atom. The highest BCUT2D eigenvalue weighted by atomic mass is 35.5. The summed E-state index contributed by atoms with van der Waals surface area (Å²) in [4.78, 5) is 0. The molecule has 0 unspecified atom stereocenters. The Bertz CT molecular complexity index is 1020. The van der Waals surface area contributed by atoms with Crippen molar-refractivity contribution in [1.82, 2.24) is 14.9 Å². The first-order valence-corrected chi connectivity index (χ1v) is 8.64. The van der Waals surface area contributed by atoms with Crippen LogP contribution in [0.25, 0.3) is 11.4 Å². The number of methoxy groups -OCH3 is 3. The van der Waals surface area contributed by atoms with E-state index in [-0.39, 0.29) is 0 Å². The van der Waals surface area contributed by atoms with Gasteiger partial charge in [-0.2, -0.15) is 14.9 Å². The summed E-state index contributed by atoms with van der Waals surface area (Å²) in [5.74, 6) is 1.98. The van der Waals surface area contributed by atoms with Crippen LogP contribution in [0.3, 0.4) is 0 Å². The molecule has 140 valence electrons. The highest BCUT2D eigenvalue weighted by molar-refractivity contribution is 7.71. The third-order valence-electron chi connectivity index (χ3n) is 3.79. The molecule has 0 saturated carbocycles. The van der Waals surface area contributed by atoms with Crippen LogP contribution in [0, 0.1) is 4.77 Å². The Hall–Kier alpha value is -2.84. The maximum atomic E-state index is 6.18. The summed E-state index contributed by atoms with van der Waals surface area (Å²) < 4.78 is 18.0. The fraction of sp³-hybridized carbons (Fsp3) is 0.167. The van der Waals surface area contributed by atoms with Crippen molar-refractivity contribution < 1.29 is 14.2 Å². The summed E-state index contributed by atoms with van der Waals surface area (Å²) in [6.07, 6.45) is 1.62. The molecule has 1 aromatic heterocycles. The number of nitrogens with one attached hydrogen (secondary N) is 1. The first-order valence-electron chi connectivity index (χ1n) is 7.85. The molecule has 0 fully saturated rings. The molecule has 0 saturated heterocycles. The highest BCUT2D eigenvalue weighted by Crippen LogP contribution is 2.40. The van der Waals surface area contributed by atoms with Crippen molar-refractivity contribution in [2.75, 3.05) is 21.3 Å². The molecular formula is C18H17ClN4O3S. The molecule has 1 heterocycles. The van der Waals surface area contributed by atoms with Crippen molar-refractivity contribution in [2.24, 2.45) is 5.10 Å². The van der Waals surface area contributed by atoms with Gasteiger partial charge in [0.05, 0.1) is 27.5 Å². The summed E-state index contributed by atoms with van der Waals surface area (Å²) >= 11 is 11.5. The van der Waals surface area contributed by atoms with Gasteiger partial charge < -0.3 is 14.2 Å². The van der Waals surface area contributed by atoms with Crippen LogP contribution < -0.4 is 14.2 Å². The van der Waals surface area contributed by atoms with Crippen LogP contribution in [0.2, 0.25) is 5.02 Å². The average Bonchev–Trinajstić information content (AvgIpc) is 3.06. The summed E-state index contributed by atoms with van der Waals surface area (Å²) in [6.45, 7) is 0. The molecule has 1 N–H and O–H groups in total. The van der Waals surface area contributed by atoms with E-state index in [0.717, 1.165) is 5.56 Å². The number of rotatable bonds is 6. The quantitative estimate of drug-likeness (QED) is 0.493. The normalized spacial score (nSPS) is 11.0. The van der Waals surface area contributed by atoms with Crippen molar-refractivity contribution in [3.05, 3.63) is 51.8 Å². The zero-order chi connectivity index (χ0) is 19.4. The van der Waals surface area contributed by atoms with Crippen molar-refractivity contribution in [2.45, 2.75) is 0 Å². The fourth-order valence-electron chi connectivity index (χ4n) is 2.50. The molecular weight excluding hydrogens is 388 g/mol. The van der Waals surface area contributed by atoms with Crippen LogP contribution in [-0.4, -0.2) is 42.4 Å². The zero-order valence-electron chi connectivity index (χ0n) is 14.9. The third-order valence-corrected chi connectivity index (χ3v) is 4.40. The Morgan fingerprint density at radius 2 is 1.78 bits per heavy atom. The molecule has 2 aromatic carbocycles. The van der Waals surface area contributed by atoms with Gasteiger partial charge in [0.2, 0.25) is 10.5 Å². The molecule has 3 aromatic rings. The van der Waals surface area contributed by atoms with Crippen LogP contribution in [0.15, 0.2) is 41.5 Å². The maximum Gasteiger partial charge on any atom is 0.216 e. The van der Waals surface area contributed by atoms with E-state index in [0.29, 0.717) is 38.4 Å². The average molecular weight is 405 g/mol. The van der Waals surface area contributed by atoms with Crippen LogP contribution >= 0.6 is 23.8 Å². The molecule has 3 rings (SSSR count). The van der Waals surface area contributed by atoms with Crippen molar-refractivity contribution in [3.63, 3.8) is 0 Å². The minimum absolute atomic E-state index is 0.335. The molecule has 0 atom stereocenters. The second-order valence-electron chi connectivity index (χ2n) is 5.34. The molecule has 0 spiro atoms. The van der Waals surface area contributed by atoms with E-state index in [2.05, 4.69) is 15.3 Å².